The summed E-state index contributed by atoms with van der Waals surface area (Å²) in [5.41, 5.74) is 5.72. The monoisotopic (exact) mass is 296 g/mol. The van der Waals surface area contributed by atoms with Crippen LogP contribution in [0.4, 0.5) is 0 Å². The maximum atomic E-state index is 12.1. The molecule has 3 N–H and O–H groups in total. The Morgan fingerprint density at radius 1 is 1.55 bits per heavy atom. The summed E-state index contributed by atoms with van der Waals surface area (Å²) in [6, 6.07) is 7.22. The van der Waals surface area contributed by atoms with Crippen LogP contribution in [0.5, 0.6) is 5.75 Å². The topological polar surface area (TPSA) is 64.3 Å². The van der Waals surface area contributed by atoms with E-state index >= 15 is 0 Å². The molecule has 1 saturated carbocycles. The number of nitrogens with two attached hydrogens (primary N) is 1. The van der Waals surface area contributed by atoms with Crippen LogP contribution in [0.2, 0.25) is 5.02 Å². The second-order valence-corrected chi connectivity index (χ2v) is 5.70. The highest BCUT2D eigenvalue weighted by atomic mass is 35.5. The molecule has 0 spiro atoms. The van der Waals surface area contributed by atoms with Crippen LogP contribution in [0.25, 0.3) is 0 Å². The molecule has 4 nitrogen and oxygen atoms in total. The molecule has 20 heavy (non-hydrogen) atoms. The third-order valence-corrected chi connectivity index (χ3v) is 4.00. The molecule has 3 unspecified atom stereocenters. The van der Waals surface area contributed by atoms with Crippen molar-refractivity contribution in [3.8, 4) is 5.75 Å². The Balaban J connectivity index is 1.89. The molecule has 1 aromatic carbocycles. The van der Waals surface area contributed by atoms with Gasteiger partial charge >= 0.3 is 0 Å². The quantitative estimate of drug-likeness (QED) is 0.876. The lowest BCUT2D eigenvalue weighted by molar-refractivity contribution is -0.128. The van der Waals surface area contributed by atoms with Gasteiger partial charge in [-0.2, -0.15) is 0 Å². The maximum absolute atomic E-state index is 12.1. The number of carbonyl (C=O) groups is 1. The molecule has 1 aliphatic carbocycles. The summed E-state index contributed by atoms with van der Waals surface area (Å²) < 4.78 is 5.61. The van der Waals surface area contributed by atoms with Gasteiger partial charge in [-0.1, -0.05) is 24.1 Å². The van der Waals surface area contributed by atoms with Crippen LogP contribution in [0.15, 0.2) is 24.3 Å². The van der Waals surface area contributed by atoms with Crippen LogP contribution in [-0.4, -0.2) is 24.6 Å². The first-order valence-electron chi connectivity index (χ1n) is 7.03. The normalized spacial score (nSPS) is 23.4. The summed E-state index contributed by atoms with van der Waals surface area (Å²) >= 11 is 5.89. The molecule has 110 valence electrons. The van der Waals surface area contributed by atoms with Gasteiger partial charge in [0.05, 0.1) is 0 Å². The van der Waals surface area contributed by atoms with Gasteiger partial charge in [0.25, 0.3) is 5.91 Å². The van der Waals surface area contributed by atoms with Crippen LogP contribution in [0.1, 0.15) is 26.2 Å². The van der Waals surface area contributed by atoms with E-state index in [-0.39, 0.29) is 11.9 Å². The molecule has 5 heteroatoms. The zero-order valence-corrected chi connectivity index (χ0v) is 12.4. The Labute approximate surface area is 124 Å². The molecule has 0 aliphatic heterocycles. The molecule has 0 saturated heterocycles. The summed E-state index contributed by atoms with van der Waals surface area (Å²) in [6.45, 7) is 2.36. The zero-order valence-electron chi connectivity index (χ0n) is 11.6. The first-order chi connectivity index (χ1) is 9.60. The molecule has 3 atom stereocenters. The average Bonchev–Trinajstić information content (AvgIpc) is 2.85. The predicted octanol–water partition coefficient (Wildman–Crippen LogP) is 2.35. The third kappa shape index (κ3) is 3.87. The van der Waals surface area contributed by atoms with Crippen molar-refractivity contribution in [2.75, 3.05) is 6.54 Å². The summed E-state index contributed by atoms with van der Waals surface area (Å²) in [7, 11) is 0. The summed E-state index contributed by atoms with van der Waals surface area (Å²) in [4.78, 5) is 12.1. The number of carbonyl (C=O) groups excluding carboxylic acids is 1. The summed E-state index contributed by atoms with van der Waals surface area (Å²) in [6.07, 6.45) is 2.66. The Hall–Kier alpha value is -1.26. The number of benzene rings is 1. The Bertz CT molecular complexity index is 467. The predicted molar refractivity (Wildman–Crippen MR) is 79.9 cm³/mol. The first-order valence-corrected chi connectivity index (χ1v) is 7.40. The van der Waals surface area contributed by atoms with E-state index in [1.807, 2.05) is 0 Å². The number of halogens is 1. The van der Waals surface area contributed by atoms with Gasteiger partial charge in [0.1, 0.15) is 5.75 Å². The average molecular weight is 297 g/mol. The van der Waals surface area contributed by atoms with Crippen LogP contribution < -0.4 is 15.8 Å². The highest BCUT2D eigenvalue weighted by Crippen LogP contribution is 2.25. The summed E-state index contributed by atoms with van der Waals surface area (Å²) in [5, 5.41) is 3.63. The van der Waals surface area contributed by atoms with Crippen LogP contribution in [0, 0.1) is 5.92 Å². The Morgan fingerprint density at radius 3 is 3.05 bits per heavy atom. The summed E-state index contributed by atoms with van der Waals surface area (Å²) in [5.74, 6) is 0.884. The van der Waals surface area contributed by atoms with Gasteiger partial charge in [-0.15, -0.1) is 0 Å². The number of hydrogen-bond donors (Lipinski definition) is 2. The van der Waals surface area contributed by atoms with E-state index in [1.54, 1.807) is 31.2 Å². The molecule has 0 radical (unpaired) electrons. The van der Waals surface area contributed by atoms with Gasteiger partial charge < -0.3 is 15.8 Å². The second kappa shape index (κ2) is 6.95. The van der Waals surface area contributed by atoms with Crippen molar-refractivity contribution >= 4 is 17.5 Å². The number of ether oxygens (including phenoxy) is 1. The Kier molecular flexibility index (Phi) is 5.26. The Morgan fingerprint density at radius 2 is 2.35 bits per heavy atom. The lowest BCUT2D eigenvalue weighted by Gasteiger charge is -2.22. The van der Waals surface area contributed by atoms with E-state index in [1.165, 1.54) is 0 Å². The fourth-order valence-electron chi connectivity index (χ4n) is 2.61. The molecule has 1 aliphatic rings. The van der Waals surface area contributed by atoms with Gasteiger partial charge in [0.15, 0.2) is 6.10 Å². The number of amides is 1. The van der Waals surface area contributed by atoms with Crippen molar-refractivity contribution in [1.82, 2.24) is 5.32 Å². The van der Waals surface area contributed by atoms with Crippen molar-refractivity contribution in [3.63, 3.8) is 0 Å². The lowest BCUT2D eigenvalue weighted by atomic mass is 10.0. The fourth-order valence-corrected chi connectivity index (χ4v) is 2.79. The molecular formula is C15H21ClN2O2. The molecule has 1 fully saturated rings. The fraction of sp³-hybridized carbons (Fsp3) is 0.533. The van der Waals surface area contributed by atoms with Crippen molar-refractivity contribution in [3.05, 3.63) is 29.3 Å². The van der Waals surface area contributed by atoms with Gasteiger partial charge in [0.2, 0.25) is 0 Å². The first kappa shape index (κ1) is 15.1. The van der Waals surface area contributed by atoms with E-state index in [0.717, 1.165) is 19.3 Å². The standard InChI is InChI=1S/C15H21ClN2O2/c1-10(20-13-6-3-5-12(16)8-13)15(19)18-14-7-2-4-11(14)9-17/h3,5-6,8,10-11,14H,2,4,7,9,17H2,1H3,(H,18,19). The van der Waals surface area contributed by atoms with Crippen LogP contribution >= 0.6 is 11.6 Å². The maximum Gasteiger partial charge on any atom is 0.261 e. The van der Waals surface area contributed by atoms with Gasteiger partial charge in [0, 0.05) is 11.1 Å². The zero-order chi connectivity index (χ0) is 14.5. The second-order valence-electron chi connectivity index (χ2n) is 5.26. The third-order valence-electron chi connectivity index (χ3n) is 3.77. The van der Waals surface area contributed by atoms with E-state index < -0.39 is 6.10 Å². The molecule has 2 rings (SSSR count). The van der Waals surface area contributed by atoms with Crippen molar-refractivity contribution in [2.45, 2.75) is 38.3 Å². The molecule has 1 amide bonds. The van der Waals surface area contributed by atoms with E-state index in [0.29, 0.717) is 23.2 Å². The van der Waals surface area contributed by atoms with Gasteiger partial charge in [-0.3, -0.25) is 4.79 Å². The highest BCUT2D eigenvalue weighted by molar-refractivity contribution is 6.30. The van der Waals surface area contributed by atoms with Gasteiger partial charge in [-0.25, -0.2) is 0 Å². The number of rotatable bonds is 5. The van der Waals surface area contributed by atoms with Gasteiger partial charge in [-0.05, 0) is 50.4 Å². The highest BCUT2D eigenvalue weighted by Gasteiger charge is 2.29. The molecular weight excluding hydrogens is 276 g/mol. The molecule has 0 aromatic heterocycles. The number of hydrogen-bond acceptors (Lipinski definition) is 3. The largest absolute Gasteiger partial charge is 0.481 e. The van der Waals surface area contributed by atoms with Crippen LogP contribution in [0.3, 0.4) is 0 Å². The SMILES string of the molecule is CC(Oc1cccc(Cl)c1)C(=O)NC1CCCC1CN. The minimum atomic E-state index is -0.549. The van der Waals surface area contributed by atoms with Crippen LogP contribution in [-0.2, 0) is 4.79 Å². The van der Waals surface area contributed by atoms with E-state index in [9.17, 15) is 4.79 Å². The lowest BCUT2D eigenvalue weighted by Crippen LogP contribution is -2.45. The minimum absolute atomic E-state index is 0.102. The molecule has 1 aromatic rings. The van der Waals surface area contributed by atoms with Crippen molar-refractivity contribution < 1.29 is 9.53 Å². The van der Waals surface area contributed by atoms with E-state index in [4.69, 9.17) is 22.1 Å². The van der Waals surface area contributed by atoms with Crippen molar-refractivity contribution in [1.29, 1.82) is 0 Å². The number of nitrogens with one attached hydrogen (secondary N) is 1. The minimum Gasteiger partial charge on any atom is -0.481 e. The smallest absolute Gasteiger partial charge is 0.261 e. The molecule has 0 heterocycles. The van der Waals surface area contributed by atoms with Crippen molar-refractivity contribution in [2.24, 2.45) is 11.7 Å². The molecule has 0 bridgehead atoms. The van der Waals surface area contributed by atoms with E-state index in [2.05, 4.69) is 5.32 Å².